The molecule has 1 N–H and O–H groups in total. The summed E-state index contributed by atoms with van der Waals surface area (Å²) >= 11 is 0.835. The number of thioether (sulfide) groups is 1. The fraction of sp³-hybridized carbons (Fsp3) is 0.526. The third kappa shape index (κ3) is 6.03. The molecule has 0 spiro atoms. The summed E-state index contributed by atoms with van der Waals surface area (Å²) in [6, 6.07) is 4.73. The summed E-state index contributed by atoms with van der Waals surface area (Å²) in [6.45, 7) is 5.20. The number of rotatable bonds is 8. The fourth-order valence-electron chi connectivity index (χ4n) is 3.03. The van der Waals surface area contributed by atoms with Crippen molar-refractivity contribution in [3.05, 3.63) is 29.8 Å². The number of hydrogen-bond acceptors (Lipinski definition) is 7. The van der Waals surface area contributed by atoms with Gasteiger partial charge in [-0.05, 0) is 38.8 Å². The van der Waals surface area contributed by atoms with Crippen molar-refractivity contribution >= 4 is 38.8 Å². The molecule has 0 aromatic heterocycles. The van der Waals surface area contributed by atoms with Gasteiger partial charge in [-0.3, -0.25) is 9.59 Å². The van der Waals surface area contributed by atoms with Gasteiger partial charge in [0.15, 0.2) is 0 Å². The molecule has 10 heteroatoms. The molecule has 1 amide bonds. The number of esters is 1. The predicted octanol–water partition coefficient (Wildman–Crippen LogP) is 1.48. The topological polar surface area (TPSA) is 110 Å². The van der Waals surface area contributed by atoms with Crippen molar-refractivity contribution in [3.63, 3.8) is 0 Å². The molecule has 1 aliphatic rings. The third-order valence-corrected chi connectivity index (χ3v) is 7.42. The Morgan fingerprint density at radius 1 is 1.28 bits per heavy atom. The molecule has 1 aromatic rings. The Kier molecular flexibility index (Phi) is 8.23. The number of sulfonamides is 1. The molecule has 0 bridgehead atoms. The van der Waals surface area contributed by atoms with Crippen LogP contribution in [0, 0.1) is 6.92 Å². The van der Waals surface area contributed by atoms with Crippen LogP contribution in [0.3, 0.4) is 0 Å². The number of amides is 1. The second kappa shape index (κ2) is 10.2. The standard InChI is InChI=1S/C19H26N2O6S2/c1-4-27-18(23)16(20-14(3)22)12-28-19(24)17-6-5-11-21(17)29(25,26)15-9-7-13(2)8-10-15/h7-10,16-17H,4-6,11-12H2,1-3H3,(H,20,22)/t16-,17-/m0/s1. The van der Waals surface area contributed by atoms with E-state index in [4.69, 9.17) is 4.74 Å². The van der Waals surface area contributed by atoms with Crippen molar-refractivity contribution in [2.45, 2.75) is 50.6 Å². The first-order chi connectivity index (χ1) is 13.7. The Balaban J connectivity index is 2.09. The highest BCUT2D eigenvalue weighted by molar-refractivity contribution is 8.13. The van der Waals surface area contributed by atoms with Crippen molar-refractivity contribution in [3.8, 4) is 0 Å². The molecule has 160 valence electrons. The quantitative estimate of drug-likeness (QED) is 0.607. The highest BCUT2D eigenvalue weighted by Crippen LogP contribution is 2.29. The molecular formula is C19H26N2O6S2. The van der Waals surface area contributed by atoms with E-state index in [0.29, 0.717) is 12.8 Å². The van der Waals surface area contributed by atoms with E-state index in [1.165, 1.54) is 23.4 Å². The van der Waals surface area contributed by atoms with Gasteiger partial charge in [0.25, 0.3) is 0 Å². The summed E-state index contributed by atoms with van der Waals surface area (Å²) in [5.74, 6) is -1.06. The first-order valence-corrected chi connectivity index (χ1v) is 11.8. The molecule has 1 heterocycles. The molecule has 8 nitrogen and oxygen atoms in total. The molecule has 1 saturated heterocycles. The van der Waals surface area contributed by atoms with Crippen LogP contribution in [0.4, 0.5) is 0 Å². The molecule has 1 fully saturated rings. The van der Waals surface area contributed by atoms with Gasteiger partial charge in [0.1, 0.15) is 6.04 Å². The van der Waals surface area contributed by atoms with E-state index < -0.39 is 34.0 Å². The number of hydrogen-bond donors (Lipinski definition) is 1. The monoisotopic (exact) mass is 442 g/mol. The number of carbonyl (C=O) groups excluding carboxylic acids is 3. The lowest BCUT2D eigenvalue weighted by Gasteiger charge is -2.23. The van der Waals surface area contributed by atoms with E-state index in [9.17, 15) is 22.8 Å². The van der Waals surface area contributed by atoms with Crippen LogP contribution in [-0.4, -0.2) is 60.7 Å². The summed E-state index contributed by atoms with van der Waals surface area (Å²) in [4.78, 5) is 36.2. The zero-order chi connectivity index (χ0) is 21.6. The number of nitrogens with zero attached hydrogens (tertiary/aromatic N) is 1. The number of ether oxygens (including phenoxy) is 1. The summed E-state index contributed by atoms with van der Waals surface area (Å²) < 4.78 is 32.1. The van der Waals surface area contributed by atoms with Crippen LogP contribution in [0.1, 0.15) is 32.3 Å². The second-order valence-corrected chi connectivity index (χ2v) is 9.64. The van der Waals surface area contributed by atoms with Crippen molar-refractivity contribution in [2.75, 3.05) is 18.9 Å². The van der Waals surface area contributed by atoms with Crippen LogP contribution >= 0.6 is 11.8 Å². The summed E-state index contributed by atoms with van der Waals surface area (Å²) in [6.07, 6.45) is 0.996. The van der Waals surface area contributed by atoms with Gasteiger partial charge in [-0.15, -0.1) is 0 Å². The summed E-state index contributed by atoms with van der Waals surface area (Å²) in [7, 11) is -3.79. The Morgan fingerprint density at radius 2 is 1.93 bits per heavy atom. The molecule has 2 atom stereocenters. The molecule has 1 aromatic carbocycles. The van der Waals surface area contributed by atoms with E-state index in [1.54, 1.807) is 19.1 Å². The Morgan fingerprint density at radius 3 is 2.52 bits per heavy atom. The normalized spacial score (nSPS) is 18.2. The van der Waals surface area contributed by atoms with Crippen molar-refractivity contribution < 1.29 is 27.5 Å². The van der Waals surface area contributed by atoms with Crippen LogP contribution in [0.2, 0.25) is 0 Å². The first-order valence-electron chi connectivity index (χ1n) is 9.35. The largest absolute Gasteiger partial charge is 0.464 e. The van der Waals surface area contributed by atoms with Gasteiger partial charge in [0.05, 0.1) is 17.5 Å². The molecule has 0 saturated carbocycles. The molecule has 1 aliphatic heterocycles. The highest BCUT2D eigenvalue weighted by atomic mass is 32.2. The van der Waals surface area contributed by atoms with Gasteiger partial charge in [-0.1, -0.05) is 29.5 Å². The average molecular weight is 443 g/mol. The minimum atomic E-state index is -3.79. The van der Waals surface area contributed by atoms with Gasteiger partial charge in [-0.25, -0.2) is 13.2 Å². The van der Waals surface area contributed by atoms with E-state index in [1.807, 2.05) is 6.92 Å². The van der Waals surface area contributed by atoms with Crippen molar-refractivity contribution in [2.24, 2.45) is 0 Å². The fourth-order valence-corrected chi connectivity index (χ4v) is 5.74. The van der Waals surface area contributed by atoms with Gasteiger partial charge < -0.3 is 10.1 Å². The van der Waals surface area contributed by atoms with E-state index in [0.717, 1.165) is 17.3 Å². The Bertz CT molecular complexity index is 854. The lowest BCUT2D eigenvalue weighted by molar-refractivity contribution is -0.146. The SMILES string of the molecule is CCOC(=O)[C@H](CSC(=O)[C@@H]1CCCN1S(=O)(=O)c1ccc(C)cc1)NC(C)=O. The minimum absolute atomic E-state index is 0.0217. The maximum atomic E-state index is 13.0. The molecular weight excluding hydrogens is 416 g/mol. The Labute approximate surface area is 175 Å². The van der Waals surface area contributed by atoms with Crippen LogP contribution in [0.5, 0.6) is 0 Å². The van der Waals surface area contributed by atoms with Gasteiger partial charge >= 0.3 is 5.97 Å². The summed E-state index contributed by atoms with van der Waals surface area (Å²) in [5.41, 5.74) is 0.941. The highest BCUT2D eigenvalue weighted by Gasteiger charge is 2.39. The van der Waals surface area contributed by atoms with E-state index in [-0.39, 0.29) is 28.9 Å². The molecule has 0 radical (unpaired) electrons. The summed E-state index contributed by atoms with van der Waals surface area (Å²) in [5, 5.41) is 2.12. The van der Waals surface area contributed by atoms with Crippen LogP contribution < -0.4 is 5.32 Å². The van der Waals surface area contributed by atoms with Crippen molar-refractivity contribution in [1.29, 1.82) is 0 Å². The van der Waals surface area contributed by atoms with Gasteiger partial charge in [0.2, 0.25) is 21.0 Å². The van der Waals surface area contributed by atoms with Gasteiger partial charge in [0, 0.05) is 19.2 Å². The van der Waals surface area contributed by atoms with Gasteiger partial charge in [-0.2, -0.15) is 4.31 Å². The van der Waals surface area contributed by atoms with Crippen LogP contribution in [0.15, 0.2) is 29.2 Å². The number of nitrogens with one attached hydrogen (secondary N) is 1. The molecule has 0 unspecified atom stereocenters. The minimum Gasteiger partial charge on any atom is -0.464 e. The first kappa shape index (κ1) is 23.4. The predicted molar refractivity (Wildman–Crippen MR) is 110 cm³/mol. The number of carbonyl (C=O) groups is 3. The smallest absolute Gasteiger partial charge is 0.329 e. The third-order valence-electron chi connectivity index (χ3n) is 4.44. The Hall–Kier alpha value is -1.91. The van der Waals surface area contributed by atoms with E-state index >= 15 is 0 Å². The number of benzene rings is 1. The zero-order valence-corrected chi connectivity index (χ0v) is 18.3. The molecule has 0 aliphatic carbocycles. The lowest BCUT2D eigenvalue weighted by Crippen LogP contribution is -2.44. The lowest BCUT2D eigenvalue weighted by atomic mass is 10.2. The maximum absolute atomic E-state index is 13.0. The second-order valence-electron chi connectivity index (χ2n) is 6.72. The zero-order valence-electron chi connectivity index (χ0n) is 16.7. The van der Waals surface area contributed by atoms with E-state index in [2.05, 4.69) is 5.32 Å². The maximum Gasteiger partial charge on any atom is 0.329 e. The average Bonchev–Trinajstić information content (AvgIpc) is 3.16. The molecule has 2 rings (SSSR count). The van der Waals surface area contributed by atoms with Crippen LogP contribution in [0.25, 0.3) is 0 Å². The van der Waals surface area contributed by atoms with Crippen molar-refractivity contribution in [1.82, 2.24) is 9.62 Å². The molecule has 29 heavy (non-hydrogen) atoms. The van der Waals surface area contributed by atoms with Crippen LogP contribution in [-0.2, 0) is 29.1 Å². The number of aryl methyl sites for hydroxylation is 1.